The van der Waals surface area contributed by atoms with Gasteiger partial charge in [0, 0.05) is 18.6 Å². The molecule has 0 bridgehead atoms. The number of hydrogen-bond acceptors (Lipinski definition) is 5. The fourth-order valence-electron chi connectivity index (χ4n) is 3.24. The summed E-state index contributed by atoms with van der Waals surface area (Å²) in [6.45, 7) is 1.36. The van der Waals surface area contributed by atoms with Gasteiger partial charge in [-0.05, 0) is 12.1 Å². The van der Waals surface area contributed by atoms with E-state index in [1.165, 1.54) is 6.26 Å². The second-order valence-electron chi connectivity index (χ2n) is 5.98. The standard InChI is InChI=1S/C18H17N3O5/c22-6-2-5-21-9-12(11-3-1-4-19-16(11)21)14-15(18(24)20-17(14)23)13-10-25-7-8-26-13/h1,3-4,9-10,22H,2,5-8H2,(H,20,23,24)/p+1. The van der Waals surface area contributed by atoms with Crippen molar-refractivity contribution in [2.45, 2.75) is 13.0 Å². The van der Waals surface area contributed by atoms with Gasteiger partial charge in [0.25, 0.3) is 17.5 Å². The van der Waals surface area contributed by atoms with Crippen LogP contribution in [0, 0.1) is 0 Å². The van der Waals surface area contributed by atoms with Gasteiger partial charge in [-0.1, -0.05) is 0 Å². The summed E-state index contributed by atoms with van der Waals surface area (Å²) >= 11 is 0. The lowest BCUT2D eigenvalue weighted by Crippen LogP contribution is -2.24. The lowest BCUT2D eigenvalue weighted by molar-refractivity contribution is -0.349. The Morgan fingerprint density at radius 1 is 1.23 bits per heavy atom. The minimum Gasteiger partial charge on any atom is -0.494 e. The molecule has 8 heteroatoms. The number of H-pyrrole nitrogens is 1. The molecule has 0 saturated carbocycles. The molecule has 0 radical (unpaired) electrons. The molecule has 8 nitrogen and oxygen atoms in total. The molecule has 2 aromatic heterocycles. The van der Waals surface area contributed by atoms with Crippen LogP contribution in [-0.2, 0) is 25.6 Å². The molecule has 0 saturated heterocycles. The molecule has 2 aliphatic heterocycles. The first-order valence-electron chi connectivity index (χ1n) is 8.36. The van der Waals surface area contributed by atoms with Crippen molar-refractivity contribution >= 4 is 28.4 Å². The molecule has 2 aliphatic rings. The molecule has 0 aromatic carbocycles. The molecule has 0 fully saturated rings. The smallest absolute Gasteiger partial charge is 0.287 e. The number of aryl methyl sites for hydroxylation is 1. The molecule has 2 aromatic rings. The van der Waals surface area contributed by atoms with Crippen molar-refractivity contribution in [3.8, 4) is 0 Å². The highest BCUT2D eigenvalue weighted by atomic mass is 16.6. The van der Waals surface area contributed by atoms with Crippen LogP contribution in [0.1, 0.15) is 12.0 Å². The van der Waals surface area contributed by atoms with Crippen LogP contribution in [0.4, 0.5) is 0 Å². The van der Waals surface area contributed by atoms with Crippen LogP contribution in [0.25, 0.3) is 16.6 Å². The second kappa shape index (κ2) is 6.64. The summed E-state index contributed by atoms with van der Waals surface area (Å²) < 4.78 is 12.7. The number of nitrogens with zero attached hydrogens (tertiary/aromatic N) is 1. The highest BCUT2D eigenvalue weighted by Gasteiger charge is 2.37. The molecule has 26 heavy (non-hydrogen) atoms. The third kappa shape index (κ3) is 2.64. The number of fused-ring (bicyclic) bond motifs is 1. The van der Waals surface area contributed by atoms with Crippen LogP contribution in [0.5, 0.6) is 0 Å². The van der Waals surface area contributed by atoms with E-state index in [-0.39, 0.29) is 23.5 Å². The van der Waals surface area contributed by atoms with E-state index in [4.69, 9.17) is 14.6 Å². The van der Waals surface area contributed by atoms with Crippen molar-refractivity contribution in [3.05, 3.63) is 47.7 Å². The number of aromatic nitrogens is 2. The van der Waals surface area contributed by atoms with Gasteiger partial charge >= 0.3 is 0 Å². The molecule has 0 aliphatic carbocycles. The Bertz CT molecular complexity index is 957. The van der Waals surface area contributed by atoms with Gasteiger partial charge in [0.05, 0.1) is 35.5 Å². The van der Waals surface area contributed by atoms with Gasteiger partial charge in [-0.2, -0.15) is 0 Å². The van der Waals surface area contributed by atoms with Gasteiger partial charge in [-0.3, -0.25) is 14.9 Å². The van der Waals surface area contributed by atoms with E-state index in [0.717, 1.165) is 11.0 Å². The summed E-state index contributed by atoms with van der Waals surface area (Å²) in [5.74, 6) is -0.714. The molecular weight excluding hydrogens is 338 g/mol. The van der Waals surface area contributed by atoms with Gasteiger partial charge in [0.1, 0.15) is 19.5 Å². The third-order valence-corrected chi connectivity index (χ3v) is 4.35. The average Bonchev–Trinajstić information content (AvgIpc) is 3.17. The Kier molecular flexibility index (Phi) is 4.18. The first-order chi connectivity index (χ1) is 12.7. The number of pyridine rings is 1. The van der Waals surface area contributed by atoms with Crippen molar-refractivity contribution in [2.75, 3.05) is 19.8 Å². The summed E-state index contributed by atoms with van der Waals surface area (Å²) in [6.07, 6.45) is 5.55. The third-order valence-electron chi connectivity index (χ3n) is 4.35. The summed E-state index contributed by atoms with van der Waals surface area (Å²) in [7, 11) is 0. The predicted molar refractivity (Wildman–Crippen MR) is 90.3 cm³/mol. The number of aromatic amines is 1. The van der Waals surface area contributed by atoms with Gasteiger partial charge in [0.2, 0.25) is 0 Å². The molecule has 0 atom stereocenters. The van der Waals surface area contributed by atoms with Crippen LogP contribution in [0.2, 0.25) is 0 Å². The fraction of sp³-hybridized carbons (Fsp3) is 0.278. The van der Waals surface area contributed by atoms with Crippen molar-refractivity contribution < 1.29 is 29.2 Å². The maximum Gasteiger partial charge on any atom is 0.287 e. The number of ether oxygens (including phenoxy) is 2. The zero-order valence-corrected chi connectivity index (χ0v) is 13.9. The van der Waals surface area contributed by atoms with E-state index in [2.05, 4.69) is 10.3 Å². The Morgan fingerprint density at radius 2 is 2.08 bits per heavy atom. The van der Waals surface area contributed by atoms with Crippen LogP contribution >= 0.6 is 0 Å². The molecule has 4 heterocycles. The Balaban J connectivity index is 1.92. The van der Waals surface area contributed by atoms with Crippen molar-refractivity contribution in [1.29, 1.82) is 0 Å². The normalized spacial score (nSPS) is 17.2. The molecular formula is C18H18N3O5+. The average molecular weight is 356 g/mol. The first kappa shape index (κ1) is 16.3. The van der Waals surface area contributed by atoms with Crippen LogP contribution < -0.4 is 10.3 Å². The van der Waals surface area contributed by atoms with E-state index in [0.29, 0.717) is 31.7 Å². The second-order valence-corrected chi connectivity index (χ2v) is 5.98. The number of nitrogens with one attached hydrogen (secondary N) is 2. The Labute approximate surface area is 148 Å². The lowest BCUT2D eigenvalue weighted by Gasteiger charge is -2.15. The minimum absolute atomic E-state index is 0.0623. The van der Waals surface area contributed by atoms with Crippen molar-refractivity contribution in [3.63, 3.8) is 0 Å². The maximum atomic E-state index is 12.5. The molecule has 0 unspecified atom stereocenters. The number of carbonyl (C=O) groups is 2. The largest absolute Gasteiger partial charge is 0.494 e. The van der Waals surface area contributed by atoms with E-state index >= 15 is 0 Å². The topological polar surface area (TPSA) is 104 Å². The van der Waals surface area contributed by atoms with E-state index in [1.807, 2.05) is 22.9 Å². The highest BCUT2D eigenvalue weighted by molar-refractivity contribution is 6.38. The predicted octanol–water partition coefficient (Wildman–Crippen LogP) is 0.136. The van der Waals surface area contributed by atoms with Gasteiger partial charge < -0.3 is 14.6 Å². The Morgan fingerprint density at radius 3 is 2.85 bits per heavy atom. The van der Waals surface area contributed by atoms with E-state index in [9.17, 15) is 9.59 Å². The number of amides is 2. The van der Waals surface area contributed by atoms with Crippen LogP contribution in [-0.4, -0.2) is 41.3 Å². The summed E-state index contributed by atoms with van der Waals surface area (Å²) in [4.78, 5) is 28.1. The SMILES string of the molecule is O=C1NC(=O)C(c2cn(CCCO)c3[nH+]cccc23)=C1C1=COCCO1. The maximum absolute atomic E-state index is 12.5. The van der Waals surface area contributed by atoms with Crippen LogP contribution in [0.3, 0.4) is 0 Å². The van der Waals surface area contributed by atoms with E-state index < -0.39 is 11.8 Å². The first-order valence-corrected chi connectivity index (χ1v) is 8.36. The molecule has 0 spiro atoms. The molecule has 2 amide bonds. The van der Waals surface area contributed by atoms with Gasteiger partial charge in [0.15, 0.2) is 5.76 Å². The molecule has 134 valence electrons. The number of rotatable bonds is 5. The number of hydrogen-bond donors (Lipinski definition) is 2. The quantitative estimate of drug-likeness (QED) is 0.742. The molecule has 3 N–H and O–H groups in total. The summed E-state index contributed by atoms with van der Waals surface area (Å²) in [5.41, 5.74) is 1.88. The van der Waals surface area contributed by atoms with Gasteiger partial charge in [-0.25, -0.2) is 9.55 Å². The lowest BCUT2D eigenvalue weighted by atomic mass is 10.0. The number of aliphatic hydroxyl groups excluding tert-OH is 1. The number of aliphatic hydroxyl groups is 1. The van der Waals surface area contributed by atoms with Crippen molar-refractivity contribution in [1.82, 2.24) is 9.88 Å². The number of imide groups is 1. The Hall–Kier alpha value is -3.13. The summed E-state index contributed by atoms with van der Waals surface area (Å²) in [5, 5.41) is 12.3. The van der Waals surface area contributed by atoms with Gasteiger partial charge in [-0.15, -0.1) is 0 Å². The zero-order valence-electron chi connectivity index (χ0n) is 13.9. The van der Waals surface area contributed by atoms with Crippen molar-refractivity contribution in [2.24, 2.45) is 0 Å². The monoisotopic (exact) mass is 356 g/mol. The molecule has 4 rings (SSSR count). The zero-order chi connectivity index (χ0) is 18.1. The number of carbonyl (C=O) groups excluding carboxylic acids is 2. The minimum atomic E-state index is -0.502. The highest BCUT2D eigenvalue weighted by Crippen LogP contribution is 2.34. The van der Waals surface area contributed by atoms with E-state index in [1.54, 1.807) is 6.20 Å². The fourth-order valence-corrected chi connectivity index (χ4v) is 3.24. The van der Waals surface area contributed by atoms with Crippen LogP contribution in [0.15, 0.2) is 42.1 Å². The summed E-state index contributed by atoms with van der Waals surface area (Å²) in [6, 6.07) is 3.71.